The van der Waals surface area contributed by atoms with Crippen LogP contribution in [0.5, 0.6) is 0 Å². The number of nitrogens with one attached hydrogen (secondary N) is 1. The molecular formula is C12H13FN4O. The van der Waals surface area contributed by atoms with E-state index in [0.29, 0.717) is 17.2 Å². The lowest BCUT2D eigenvalue weighted by Gasteiger charge is -2.33. The van der Waals surface area contributed by atoms with Gasteiger partial charge in [0.05, 0.1) is 19.8 Å². The second-order valence-corrected chi connectivity index (χ2v) is 4.51. The van der Waals surface area contributed by atoms with Crippen molar-refractivity contribution in [1.29, 1.82) is 0 Å². The van der Waals surface area contributed by atoms with Crippen LogP contribution in [0.3, 0.4) is 0 Å². The van der Waals surface area contributed by atoms with E-state index in [-0.39, 0.29) is 19.8 Å². The lowest BCUT2D eigenvalue weighted by molar-refractivity contribution is -0.121. The van der Waals surface area contributed by atoms with Crippen molar-refractivity contribution in [3.63, 3.8) is 0 Å². The van der Waals surface area contributed by atoms with E-state index < -0.39 is 5.67 Å². The van der Waals surface area contributed by atoms with E-state index in [0.717, 1.165) is 5.39 Å². The van der Waals surface area contributed by atoms with Crippen LogP contribution in [0.2, 0.25) is 0 Å². The predicted octanol–water partition coefficient (Wildman–Crippen LogP) is 1.48. The predicted molar refractivity (Wildman–Crippen MR) is 65.2 cm³/mol. The molecule has 1 aliphatic rings. The van der Waals surface area contributed by atoms with Crippen molar-refractivity contribution in [3.05, 3.63) is 24.3 Å². The maximum absolute atomic E-state index is 13.8. The monoisotopic (exact) mass is 248 g/mol. The van der Waals surface area contributed by atoms with Gasteiger partial charge in [-0.2, -0.15) is 0 Å². The molecule has 1 N–H and O–H groups in total. The van der Waals surface area contributed by atoms with Crippen molar-refractivity contribution in [1.82, 2.24) is 15.0 Å². The van der Waals surface area contributed by atoms with Gasteiger partial charge >= 0.3 is 0 Å². The van der Waals surface area contributed by atoms with Gasteiger partial charge in [0.15, 0.2) is 11.5 Å². The molecule has 0 aromatic carbocycles. The van der Waals surface area contributed by atoms with Crippen LogP contribution in [-0.4, -0.2) is 40.4 Å². The summed E-state index contributed by atoms with van der Waals surface area (Å²) in [5.41, 5.74) is -0.569. The zero-order valence-electron chi connectivity index (χ0n) is 9.98. The fraction of sp³-hybridized carbons (Fsp3) is 0.417. The number of hydrogen-bond donors (Lipinski definition) is 1. The molecule has 18 heavy (non-hydrogen) atoms. The highest BCUT2D eigenvalue weighted by atomic mass is 19.1. The van der Waals surface area contributed by atoms with Crippen molar-refractivity contribution in [2.45, 2.75) is 12.6 Å². The quantitative estimate of drug-likeness (QED) is 0.891. The third kappa shape index (κ3) is 1.99. The van der Waals surface area contributed by atoms with Crippen LogP contribution in [0, 0.1) is 6.92 Å². The van der Waals surface area contributed by atoms with Crippen LogP contribution in [-0.2, 0) is 4.74 Å². The summed E-state index contributed by atoms with van der Waals surface area (Å²) in [6.45, 7) is 2.27. The van der Waals surface area contributed by atoms with Gasteiger partial charge in [0, 0.05) is 17.8 Å². The van der Waals surface area contributed by atoms with E-state index in [1.165, 1.54) is 0 Å². The molecule has 2 aromatic rings. The van der Waals surface area contributed by atoms with Crippen LogP contribution in [0.25, 0.3) is 10.9 Å². The summed E-state index contributed by atoms with van der Waals surface area (Å²) in [4.78, 5) is 12.7. The molecule has 0 atom stereocenters. The van der Waals surface area contributed by atoms with Gasteiger partial charge < -0.3 is 10.1 Å². The molecule has 94 valence electrons. The Morgan fingerprint density at radius 1 is 1.44 bits per heavy atom. The van der Waals surface area contributed by atoms with Crippen LogP contribution in [0.1, 0.15) is 5.82 Å². The minimum absolute atomic E-state index is 0.138. The maximum Gasteiger partial charge on any atom is 0.174 e. The number of ether oxygens (including phenoxy) is 1. The summed E-state index contributed by atoms with van der Waals surface area (Å²) in [6, 6.07) is 1.83. The summed E-state index contributed by atoms with van der Waals surface area (Å²) in [5.74, 6) is 1.25. The van der Waals surface area contributed by atoms with Gasteiger partial charge in [0.1, 0.15) is 11.3 Å². The molecule has 0 unspecified atom stereocenters. The van der Waals surface area contributed by atoms with Gasteiger partial charge in [-0.05, 0) is 13.0 Å². The number of rotatable bonds is 3. The Kier molecular flexibility index (Phi) is 2.59. The Hall–Kier alpha value is -1.82. The number of aryl methyl sites for hydroxylation is 1. The standard InChI is InChI=1S/C12H13FN4O/c1-8-15-4-9-2-3-14-11(10(9)17-8)16-5-12(13)6-18-7-12/h2-4H,5-7H2,1H3,(H,14,16). The first-order valence-corrected chi connectivity index (χ1v) is 5.75. The van der Waals surface area contributed by atoms with Crippen LogP contribution in [0.15, 0.2) is 18.5 Å². The number of hydrogen-bond acceptors (Lipinski definition) is 5. The summed E-state index contributed by atoms with van der Waals surface area (Å²) in [6.07, 6.45) is 3.40. The molecular weight excluding hydrogens is 235 g/mol. The number of nitrogens with zero attached hydrogens (tertiary/aromatic N) is 3. The van der Waals surface area contributed by atoms with E-state index in [2.05, 4.69) is 20.3 Å². The van der Waals surface area contributed by atoms with Crippen LogP contribution < -0.4 is 5.32 Å². The Balaban J connectivity index is 1.88. The maximum atomic E-state index is 13.8. The average Bonchev–Trinajstić information content (AvgIpc) is 2.34. The summed E-state index contributed by atoms with van der Waals surface area (Å²) in [5, 5.41) is 3.89. The molecule has 1 fully saturated rings. The molecule has 0 saturated carbocycles. The minimum atomic E-state index is -1.29. The highest BCUT2D eigenvalue weighted by molar-refractivity contribution is 5.87. The third-order valence-corrected chi connectivity index (χ3v) is 2.91. The molecule has 6 heteroatoms. The fourth-order valence-corrected chi connectivity index (χ4v) is 1.84. The second kappa shape index (κ2) is 4.13. The van der Waals surface area contributed by atoms with Crippen LogP contribution in [0.4, 0.5) is 10.2 Å². The normalized spacial score (nSPS) is 17.4. The van der Waals surface area contributed by atoms with Gasteiger partial charge in [0.25, 0.3) is 0 Å². The first-order chi connectivity index (χ1) is 8.66. The summed E-state index contributed by atoms with van der Waals surface area (Å²) in [7, 11) is 0. The lowest BCUT2D eigenvalue weighted by Crippen LogP contribution is -2.50. The van der Waals surface area contributed by atoms with Gasteiger partial charge in [-0.1, -0.05) is 0 Å². The first-order valence-electron chi connectivity index (χ1n) is 5.75. The van der Waals surface area contributed by atoms with Gasteiger partial charge in [-0.3, -0.25) is 0 Å². The number of pyridine rings is 1. The molecule has 0 radical (unpaired) electrons. The van der Waals surface area contributed by atoms with Crippen molar-refractivity contribution in [2.24, 2.45) is 0 Å². The Morgan fingerprint density at radius 2 is 2.28 bits per heavy atom. The van der Waals surface area contributed by atoms with E-state index in [4.69, 9.17) is 4.74 Å². The number of alkyl halides is 1. The van der Waals surface area contributed by atoms with E-state index in [1.807, 2.05) is 13.0 Å². The molecule has 5 nitrogen and oxygen atoms in total. The number of anilines is 1. The van der Waals surface area contributed by atoms with Gasteiger partial charge in [-0.25, -0.2) is 19.3 Å². The smallest absolute Gasteiger partial charge is 0.174 e. The number of fused-ring (bicyclic) bond motifs is 1. The molecule has 1 saturated heterocycles. The highest BCUT2D eigenvalue weighted by Crippen LogP contribution is 2.24. The zero-order valence-corrected chi connectivity index (χ0v) is 9.98. The number of aromatic nitrogens is 3. The average molecular weight is 248 g/mol. The van der Waals surface area contributed by atoms with Gasteiger partial charge in [-0.15, -0.1) is 0 Å². The molecule has 3 heterocycles. The molecule has 2 aromatic heterocycles. The van der Waals surface area contributed by atoms with Crippen molar-refractivity contribution in [3.8, 4) is 0 Å². The van der Waals surface area contributed by atoms with E-state index in [9.17, 15) is 4.39 Å². The topological polar surface area (TPSA) is 59.9 Å². The lowest BCUT2D eigenvalue weighted by atomic mass is 10.1. The Bertz CT molecular complexity index is 585. The van der Waals surface area contributed by atoms with Crippen LogP contribution >= 0.6 is 0 Å². The fourth-order valence-electron chi connectivity index (χ4n) is 1.84. The highest BCUT2D eigenvalue weighted by Gasteiger charge is 2.38. The van der Waals surface area contributed by atoms with Gasteiger partial charge in [0.2, 0.25) is 0 Å². The van der Waals surface area contributed by atoms with E-state index >= 15 is 0 Å². The molecule has 0 bridgehead atoms. The summed E-state index contributed by atoms with van der Waals surface area (Å²) >= 11 is 0. The molecule has 1 aliphatic heterocycles. The largest absolute Gasteiger partial charge is 0.374 e. The molecule has 0 spiro atoms. The zero-order chi connectivity index (χ0) is 12.6. The summed E-state index contributed by atoms with van der Waals surface area (Å²) < 4.78 is 18.7. The first kappa shape index (κ1) is 11.3. The number of halogens is 1. The Labute approximate surface area is 103 Å². The minimum Gasteiger partial charge on any atom is -0.374 e. The third-order valence-electron chi connectivity index (χ3n) is 2.91. The van der Waals surface area contributed by atoms with Crippen molar-refractivity contribution < 1.29 is 9.13 Å². The second-order valence-electron chi connectivity index (χ2n) is 4.51. The van der Waals surface area contributed by atoms with Crippen molar-refractivity contribution in [2.75, 3.05) is 25.1 Å². The molecule has 0 aliphatic carbocycles. The molecule has 0 amide bonds. The van der Waals surface area contributed by atoms with E-state index in [1.54, 1.807) is 12.4 Å². The Morgan fingerprint density at radius 3 is 3.00 bits per heavy atom. The molecule has 3 rings (SSSR count). The SMILES string of the molecule is Cc1ncc2ccnc(NCC3(F)COC3)c2n1. The van der Waals surface area contributed by atoms with Crippen molar-refractivity contribution >= 4 is 16.7 Å².